The van der Waals surface area contributed by atoms with Crippen molar-refractivity contribution in [2.45, 2.75) is 37.2 Å². The van der Waals surface area contributed by atoms with E-state index in [4.69, 9.17) is 4.98 Å². The molecule has 1 N–H and O–H groups in total. The molecule has 5 nitrogen and oxygen atoms in total. The Labute approximate surface area is 184 Å². The van der Waals surface area contributed by atoms with Gasteiger partial charge in [0.2, 0.25) is 5.91 Å². The van der Waals surface area contributed by atoms with Crippen molar-refractivity contribution in [2.24, 2.45) is 0 Å². The third kappa shape index (κ3) is 4.61. The fourth-order valence-corrected chi connectivity index (χ4v) is 4.54. The van der Waals surface area contributed by atoms with E-state index in [0.717, 1.165) is 21.9 Å². The fraction of sp³-hybridized carbons (Fsp3) is 0.208. The Bertz CT molecular complexity index is 1220. The predicted octanol–water partition coefficient (Wildman–Crippen LogP) is 5.76. The molecule has 158 valence electrons. The number of aryl methyl sites for hydroxylation is 1. The van der Waals surface area contributed by atoms with Crippen LogP contribution in [0.4, 0.5) is 10.1 Å². The Morgan fingerprint density at radius 2 is 2.03 bits per heavy atom. The molecule has 0 spiro atoms. The number of nitrogens with zero attached hydrogens (tertiary/aromatic N) is 3. The van der Waals surface area contributed by atoms with Crippen LogP contribution in [-0.4, -0.2) is 20.4 Å². The topological polar surface area (TPSA) is 59.8 Å². The van der Waals surface area contributed by atoms with Crippen LogP contribution in [-0.2, 0) is 10.5 Å². The highest BCUT2D eigenvalue weighted by atomic mass is 32.2. The molecule has 0 aliphatic rings. The minimum atomic E-state index is -0.547. The zero-order chi connectivity index (χ0) is 21.8. The molecule has 2 heterocycles. The number of fused-ring (bicyclic) bond motifs is 1. The third-order valence-corrected chi connectivity index (χ3v) is 6.07. The summed E-state index contributed by atoms with van der Waals surface area (Å²) >= 11 is 1.58. The molecule has 1 unspecified atom stereocenters. The smallest absolute Gasteiger partial charge is 0.247 e. The van der Waals surface area contributed by atoms with E-state index < -0.39 is 11.9 Å². The summed E-state index contributed by atoms with van der Waals surface area (Å²) in [7, 11) is 0. The predicted molar refractivity (Wildman–Crippen MR) is 123 cm³/mol. The van der Waals surface area contributed by atoms with Gasteiger partial charge in [0.15, 0.2) is 5.16 Å². The number of rotatable bonds is 7. The first-order chi connectivity index (χ1) is 15.1. The van der Waals surface area contributed by atoms with Crippen LogP contribution in [0.2, 0.25) is 0 Å². The van der Waals surface area contributed by atoms with Crippen molar-refractivity contribution in [1.82, 2.24) is 14.5 Å². The highest BCUT2D eigenvalue weighted by Gasteiger charge is 2.25. The molecule has 0 aliphatic heterocycles. The number of hydrogen-bond donors (Lipinski definition) is 1. The first kappa shape index (κ1) is 21.1. The number of carbonyl (C=O) groups is 1. The van der Waals surface area contributed by atoms with Gasteiger partial charge < -0.3 is 9.88 Å². The highest BCUT2D eigenvalue weighted by molar-refractivity contribution is 7.98. The minimum Gasteiger partial charge on any atom is -0.322 e. The van der Waals surface area contributed by atoms with E-state index in [9.17, 15) is 9.18 Å². The maximum Gasteiger partial charge on any atom is 0.247 e. The standard InChI is InChI=1S/C24H23FN4OS/c1-3-21(23(30)27-19-10-5-4-9-18(19)25)29-22-14-26-12-11-20(22)28-24(29)31-15-17-8-6-7-16(2)13-17/h4-14,21H,3,15H2,1-2H3,(H,27,30). The first-order valence-electron chi connectivity index (χ1n) is 10.1. The molecule has 2 aromatic carbocycles. The van der Waals surface area contributed by atoms with Crippen molar-refractivity contribution in [2.75, 3.05) is 5.32 Å². The number of halogens is 1. The monoisotopic (exact) mass is 434 g/mol. The van der Waals surface area contributed by atoms with E-state index in [1.807, 2.05) is 23.6 Å². The van der Waals surface area contributed by atoms with Gasteiger partial charge in [-0.05, 0) is 37.1 Å². The van der Waals surface area contributed by atoms with Gasteiger partial charge in [-0.3, -0.25) is 9.78 Å². The minimum absolute atomic E-state index is 0.169. The molecule has 7 heteroatoms. The number of nitrogens with one attached hydrogen (secondary N) is 1. The maximum absolute atomic E-state index is 14.1. The van der Waals surface area contributed by atoms with Crippen LogP contribution in [0, 0.1) is 12.7 Å². The largest absolute Gasteiger partial charge is 0.322 e. The van der Waals surface area contributed by atoms with Crippen molar-refractivity contribution in [3.63, 3.8) is 0 Å². The fourth-order valence-electron chi connectivity index (χ4n) is 3.54. The molecule has 0 aliphatic carbocycles. The van der Waals surface area contributed by atoms with Gasteiger partial charge in [0, 0.05) is 11.9 Å². The van der Waals surface area contributed by atoms with Crippen molar-refractivity contribution in [3.05, 3.63) is 83.9 Å². The normalized spacial score (nSPS) is 12.1. The Morgan fingerprint density at radius 3 is 2.81 bits per heavy atom. The molecule has 0 radical (unpaired) electrons. The number of benzene rings is 2. The molecule has 0 bridgehead atoms. The molecule has 1 atom stereocenters. The molecule has 0 saturated heterocycles. The molecule has 0 fully saturated rings. The number of hydrogen-bond acceptors (Lipinski definition) is 4. The summed E-state index contributed by atoms with van der Waals surface area (Å²) in [6.45, 7) is 4.00. The summed E-state index contributed by atoms with van der Waals surface area (Å²) in [5, 5.41) is 3.47. The summed E-state index contributed by atoms with van der Waals surface area (Å²) in [6.07, 6.45) is 3.94. The summed E-state index contributed by atoms with van der Waals surface area (Å²) in [5.74, 6) is -0.0193. The second-order valence-electron chi connectivity index (χ2n) is 7.30. The average Bonchev–Trinajstić information content (AvgIpc) is 3.13. The zero-order valence-electron chi connectivity index (χ0n) is 17.4. The van der Waals surface area contributed by atoms with Gasteiger partial charge in [-0.1, -0.05) is 60.6 Å². The van der Waals surface area contributed by atoms with Gasteiger partial charge in [-0.15, -0.1) is 0 Å². The Balaban J connectivity index is 1.67. The van der Waals surface area contributed by atoms with Crippen LogP contribution < -0.4 is 5.32 Å². The zero-order valence-corrected chi connectivity index (χ0v) is 18.2. The van der Waals surface area contributed by atoms with Crippen LogP contribution in [0.5, 0.6) is 0 Å². The first-order valence-corrected chi connectivity index (χ1v) is 11.1. The van der Waals surface area contributed by atoms with E-state index >= 15 is 0 Å². The summed E-state index contributed by atoms with van der Waals surface area (Å²) in [5.41, 5.74) is 4.11. The summed E-state index contributed by atoms with van der Waals surface area (Å²) in [6, 6.07) is 15.8. The Morgan fingerprint density at radius 1 is 1.19 bits per heavy atom. The summed E-state index contributed by atoms with van der Waals surface area (Å²) < 4.78 is 16.0. The molecule has 31 heavy (non-hydrogen) atoms. The second kappa shape index (κ2) is 9.31. The molecular formula is C24H23FN4OS. The van der Waals surface area contributed by atoms with Gasteiger partial charge in [0.25, 0.3) is 0 Å². The van der Waals surface area contributed by atoms with Gasteiger partial charge >= 0.3 is 0 Å². The number of carbonyl (C=O) groups excluding carboxylic acids is 1. The van der Waals surface area contributed by atoms with Crippen LogP contribution in [0.1, 0.15) is 30.5 Å². The Hall–Kier alpha value is -3.19. The van der Waals surface area contributed by atoms with E-state index in [2.05, 4.69) is 35.4 Å². The third-order valence-electron chi connectivity index (χ3n) is 5.04. The maximum atomic E-state index is 14.1. The van der Waals surface area contributed by atoms with E-state index in [-0.39, 0.29) is 11.6 Å². The van der Waals surface area contributed by atoms with Crippen molar-refractivity contribution in [1.29, 1.82) is 0 Å². The van der Waals surface area contributed by atoms with Crippen LogP contribution in [0.3, 0.4) is 0 Å². The Kier molecular flexibility index (Phi) is 6.32. The van der Waals surface area contributed by atoms with Gasteiger partial charge in [0.1, 0.15) is 11.9 Å². The van der Waals surface area contributed by atoms with Gasteiger partial charge in [0.05, 0.1) is 22.9 Å². The van der Waals surface area contributed by atoms with Gasteiger partial charge in [-0.25, -0.2) is 9.37 Å². The number of pyridine rings is 1. The number of aromatic nitrogens is 3. The molecule has 2 aromatic heterocycles. The lowest BCUT2D eigenvalue weighted by Crippen LogP contribution is -2.26. The molecule has 4 aromatic rings. The number of imidazole rings is 1. The van der Waals surface area contributed by atoms with Gasteiger partial charge in [-0.2, -0.15) is 0 Å². The van der Waals surface area contributed by atoms with Crippen LogP contribution in [0.25, 0.3) is 11.0 Å². The quantitative estimate of drug-likeness (QED) is 0.376. The van der Waals surface area contributed by atoms with E-state index in [1.54, 1.807) is 42.4 Å². The van der Waals surface area contributed by atoms with E-state index in [0.29, 0.717) is 6.42 Å². The molecule has 0 saturated carbocycles. The van der Waals surface area contributed by atoms with Crippen molar-refractivity contribution < 1.29 is 9.18 Å². The van der Waals surface area contributed by atoms with E-state index in [1.165, 1.54) is 17.2 Å². The second-order valence-corrected chi connectivity index (χ2v) is 8.24. The number of amides is 1. The molecule has 1 amide bonds. The molecule has 4 rings (SSSR count). The molecular weight excluding hydrogens is 411 g/mol. The number of anilines is 1. The van der Waals surface area contributed by atoms with Crippen LogP contribution in [0.15, 0.2) is 72.1 Å². The lowest BCUT2D eigenvalue weighted by Gasteiger charge is -2.20. The van der Waals surface area contributed by atoms with Crippen molar-refractivity contribution in [3.8, 4) is 0 Å². The summed E-state index contributed by atoms with van der Waals surface area (Å²) in [4.78, 5) is 22.1. The van der Waals surface area contributed by atoms with Crippen LogP contribution >= 0.6 is 11.8 Å². The highest BCUT2D eigenvalue weighted by Crippen LogP contribution is 2.31. The average molecular weight is 435 g/mol. The lowest BCUT2D eigenvalue weighted by atomic mass is 10.2. The number of thioether (sulfide) groups is 1. The SMILES string of the molecule is CCC(C(=O)Nc1ccccc1F)n1c(SCc2cccc(C)c2)nc2ccncc21. The van der Waals surface area contributed by atoms with Crippen molar-refractivity contribution >= 4 is 34.4 Å². The number of para-hydroxylation sites is 1. The lowest BCUT2D eigenvalue weighted by molar-refractivity contribution is -0.119.